The van der Waals surface area contributed by atoms with Crippen molar-refractivity contribution >= 4 is 29.1 Å². The van der Waals surface area contributed by atoms with Gasteiger partial charge < -0.3 is 20.4 Å². The third-order valence-electron chi connectivity index (χ3n) is 11.4. The highest BCUT2D eigenvalue weighted by atomic mass is 35.5. The number of aliphatic hydroxyl groups excluding tert-OH is 1. The van der Waals surface area contributed by atoms with E-state index < -0.39 is 18.1 Å². The molecule has 3 N–H and O–H groups in total. The van der Waals surface area contributed by atoms with Gasteiger partial charge in [-0.3, -0.25) is 14.6 Å². The number of nitrogens with zero attached hydrogens (tertiary/aromatic N) is 2. The number of aliphatic carboxylic acids is 1. The standard InChI is InChI=1S/C44H48ClN3O4/c45-37-18-19-38-36(27-37)17-14-34-7-4-22-46-43(34)42(38)33-20-23-48(24-21-33)28-40(49)39(25-29-5-2-1-3-6-29)47-44(52)35-15-12-32(13-16-35)31-10-8-30(9-11-31)26-41(50)51/h1-7,12-13,15-16,18-19,22,27,30-31,39-40,49H,8-11,14,17,20-21,23-26,28H2,(H,47,52)(H,50,51)/t30?,31?,39-,40+/m0/s1. The molecule has 2 atom stereocenters. The molecule has 270 valence electrons. The summed E-state index contributed by atoms with van der Waals surface area (Å²) in [4.78, 5) is 32.0. The summed E-state index contributed by atoms with van der Waals surface area (Å²) in [5.41, 5.74) is 10.3. The van der Waals surface area contributed by atoms with Gasteiger partial charge in [0, 0.05) is 48.4 Å². The lowest BCUT2D eigenvalue weighted by Gasteiger charge is -2.34. The molecular formula is C44H48ClN3O4. The number of aromatic nitrogens is 1. The summed E-state index contributed by atoms with van der Waals surface area (Å²) in [5, 5.41) is 24.8. The molecule has 7 rings (SSSR count). The molecule has 2 fully saturated rings. The van der Waals surface area contributed by atoms with E-state index in [0.717, 1.165) is 80.7 Å². The molecule has 1 saturated heterocycles. The van der Waals surface area contributed by atoms with Crippen LogP contribution >= 0.6 is 11.6 Å². The number of nitrogens with one attached hydrogen (secondary N) is 1. The molecule has 0 spiro atoms. The summed E-state index contributed by atoms with van der Waals surface area (Å²) in [7, 11) is 0. The number of halogens is 1. The number of piperidine rings is 1. The van der Waals surface area contributed by atoms with E-state index in [1.54, 1.807) is 0 Å². The summed E-state index contributed by atoms with van der Waals surface area (Å²) in [6.45, 7) is 2.09. The molecule has 3 aromatic carbocycles. The zero-order valence-corrected chi connectivity index (χ0v) is 30.4. The van der Waals surface area contributed by atoms with Gasteiger partial charge >= 0.3 is 5.97 Å². The maximum Gasteiger partial charge on any atom is 0.303 e. The number of likely N-dealkylation sites (tertiary alicyclic amines) is 1. The van der Waals surface area contributed by atoms with Crippen molar-refractivity contribution in [2.24, 2.45) is 5.92 Å². The van der Waals surface area contributed by atoms with E-state index in [2.05, 4.69) is 28.4 Å². The Bertz CT molecular complexity index is 1890. The first-order chi connectivity index (χ1) is 25.3. The molecule has 1 aromatic heterocycles. The molecule has 1 saturated carbocycles. The summed E-state index contributed by atoms with van der Waals surface area (Å²) in [5.74, 6) is -0.271. The highest BCUT2D eigenvalue weighted by Crippen LogP contribution is 2.39. The average molecular weight is 718 g/mol. The number of aryl methyl sites for hydroxylation is 2. The zero-order chi connectivity index (χ0) is 36.0. The minimum Gasteiger partial charge on any atom is -0.481 e. The molecule has 2 aliphatic carbocycles. The fourth-order valence-corrected chi connectivity index (χ4v) is 8.73. The summed E-state index contributed by atoms with van der Waals surface area (Å²) < 4.78 is 0. The first-order valence-electron chi connectivity index (χ1n) is 18.8. The number of aliphatic hydroxyl groups is 1. The van der Waals surface area contributed by atoms with Gasteiger partial charge in [-0.2, -0.15) is 0 Å². The highest BCUT2D eigenvalue weighted by Gasteiger charge is 2.29. The Hall–Kier alpha value is -4.30. The zero-order valence-electron chi connectivity index (χ0n) is 29.6. The van der Waals surface area contributed by atoms with Crippen LogP contribution in [0.15, 0.2) is 96.7 Å². The van der Waals surface area contributed by atoms with Gasteiger partial charge in [0.05, 0.1) is 17.8 Å². The van der Waals surface area contributed by atoms with Crippen molar-refractivity contribution < 1.29 is 19.8 Å². The predicted octanol–water partition coefficient (Wildman–Crippen LogP) is 7.88. The van der Waals surface area contributed by atoms with Crippen molar-refractivity contribution in [3.05, 3.63) is 141 Å². The van der Waals surface area contributed by atoms with Crippen LogP contribution in [0.2, 0.25) is 5.02 Å². The third-order valence-corrected chi connectivity index (χ3v) is 11.7. The predicted molar refractivity (Wildman–Crippen MR) is 206 cm³/mol. The molecule has 3 aliphatic rings. The number of hydrogen-bond donors (Lipinski definition) is 3. The molecule has 52 heavy (non-hydrogen) atoms. The number of amides is 1. The van der Waals surface area contributed by atoms with E-state index in [-0.39, 0.29) is 18.2 Å². The Kier molecular flexibility index (Phi) is 11.5. The lowest BCUT2D eigenvalue weighted by Crippen LogP contribution is -2.50. The highest BCUT2D eigenvalue weighted by molar-refractivity contribution is 6.30. The summed E-state index contributed by atoms with van der Waals surface area (Å²) in [6.07, 6.45) is 9.29. The topological polar surface area (TPSA) is 103 Å². The Morgan fingerprint density at radius 2 is 1.60 bits per heavy atom. The number of β-amino-alcohol motifs (C(OH)–C–C–N with tert-alkyl or cyclic N) is 1. The number of benzene rings is 3. The quantitative estimate of drug-likeness (QED) is 0.154. The molecule has 0 bridgehead atoms. The first-order valence-corrected chi connectivity index (χ1v) is 19.2. The van der Waals surface area contributed by atoms with E-state index in [0.29, 0.717) is 24.4 Å². The van der Waals surface area contributed by atoms with Crippen LogP contribution in [0.4, 0.5) is 0 Å². The fraction of sp³-hybridized carbons (Fsp3) is 0.386. The van der Waals surface area contributed by atoms with Gasteiger partial charge in [0.1, 0.15) is 0 Å². The lowest BCUT2D eigenvalue weighted by molar-refractivity contribution is -0.138. The Morgan fingerprint density at radius 3 is 2.33 bits per heavy atom. The van der Waals surface area contributed by atoms with Crippen LogP contribution in [0.1, 0.15) is 94.7 Å². The minimum atomic E-state index is -0.762. The van der Waals surface area contributed by atoms with Crippen molar-refractivity contribution in [2.45, 2.75) is 82.3 Å². The number of carbonyl (C=O) groups excluding carboxylic acids is 1. The Labute approximate surface area is 311 Å². The largest absolute Gasteiger partial charge is 0.481 e. The molecule has 7 nitrogen and oxygen atoms in total. The van der Waals surface area contributed by atoms with Crippen molar-refractivity contribution in [1.82, 2.24) is 15.2 Å². The van der Waals surface area contributed by atoms with Crippen LogP contribution in [0.3, 0.4) is 0 Å². The number of fused-ring (bicyclic) bond motifs is 2. The monoisotopic (exact) mass is 717 g/mol. The van der Waals surface area contributed by atoms with Gasteiger partial charge in [0.15, 0.2) is 0 Å². The molecule has 0 radical (unpaired) electrons. The Morgan fingerprint density at radius 1 is 0.865 bits per heavy atom. The summed E-state index contributed by atoms with van der Waals surface area (Å²) in [6, 6.07) is 27.8. The van der Waals surface area contributed by atoms with Gasteiger partial charge in [-0.05, 0) is 128 Å². The number of hydrogen-bond acceptors (Lipinski definition) is 5. The van der Waals surface area contributed by atoms with E-state index in [9.17, 15) is 14.7 Å². The van der Waals surface area contributed by atoms with Crippen LogP contribution in [0, 0.1) is 5.92 Å². The fourth-order valence-electron chi connectivity index (χ4n) is 8.54. The second kappa shape index (κ2) is 16.6. The molecule has 4 aromatic rings. The van der Waals surface area contributed by atoms with Gasteiger partial charge in [-0.1, -0.05) is 71.8 Å². The molecular weight excluding hydrogens is 670 g/mol. The van der Waals surface area contributed by atoms with Crippen LogP contribution in [-0.2, 0) is 24.1 Å². The van der Waals surface area contributed by atoms with Crippen molar-refractivity contribution in [2.75, 3.05) is 19.6 Å². The lowest BCUT2D eigenvalue weighted by atomic mass is 9.77. The van der Waals surface area contributed by atoms with Crippen LogP contribution < -0.4 is 5.32 Å². The molecule has 0 unspecified atom stereocenters. The number of carbonyl (C=O) groups is 2. The van der Waals surface area contributed by atoms with Crippen molar-refractivity contribution in [3.63, 3.8) is 0 Å². The molecule has 2 heterocycles. The van der Waals surface area contributed by atoms with Crippen LogP contribution in [0.5, 0.6) is 0 Å². The van der Waals surface area contributed by atoms with Crippen LogP contribution in [-0.4, -0.2) is 63.8 Å². The van der Waals surface area contributed by atoms with Crippen molar-refractivity contribution in [3.8, 4) is 0 Å². The number of pyridine rings is 1. The third kappa shape index (κ3) is 8.66. The smallest absolute Gasteiger partial charge is 0.303 e. The number of carboxylic acid groups (broad SMARTS) is 1. The van der Waals surface area contributed by atoms with Gasteiger partial charge in [0.25, 0.3) is 5.91 Å². The SMILES string of the molecule is O=C(O)CC1CCC(c2ccc(C(=O)N[C@@H](Cc3ccccc3)[C@H](O)CN3CCC(=C4c5ccc(Cl)cc5CCc5cccnc54)CC3)cc2)CC1. The molecule has 8 heteroatoms. The van der Waals surface area contributed by atoms with Gasteiger partial charge in [-0.25, -0.2) is 0 Å². The summed E-state index contributed by atoms with van der Waals surface area (Å²) >= 11 is 6.43. The molecule has 1 amide bonds. The minimum absolute atomic E-state index is 0.194. The van der Waals surface area contributed by atoms with E-state index in [4.69, 9.17) is 21.7 Å². The van der Waals surface area contributed by atoms with Gasteiger partial charge in [-0.15, -0.1) is 0 Å². The van der Waals surface area contributed by atoms with Gasteiger partial charge in [0.2, 0.25) is 0 Å². The Balaban J connectivity index is 1.02. The van der Waals surface area contributed by atoms with E-state index in [1.165, 1.54) is 33.4 Å². The average Bonchev–Trinajstić information content (AvgIpc) is 3.32. The molecule has 1 aliphatic heterocycles. The maximum absolute atomic E-state index is 13.6. The van der Waals surface area contributed by atoms with Crippen LogP contribution in [0.25, 0.3) is 5.57 Å². The first kappa shape index (κ1) is 36.1. The van der Waals surface area contributed by atoms with Crippen molar-refractivity contribution in [1.29, 1.82) is 0 Å². The second-order valence-electron chi connectivity index (χ2n) is 14.9. The number of rotatable bonds is 10. The number of carboxylic acids is 1. The normalized spacial score (nSPS) is 20.3. The maximum atomic E-state index is 13.6. The second-order valence-corrected chi connectivity index (χ2v) is 15.3. The van der Waals surface area contributed by atoms with E-state index >= 15 is 0 Å². The van der Waals surface area contributed by atoms with E-state index in [1.807, 2.05) is 72.9 Å².